The molecule has 106 valence electrons. The van der Waals surface area contributed by atoms with E-state index in [2.05, 4.69) is 0 Å². The van der Waals surface area contributed by atoms with E-state index in [1.54, 1.807) is 13.0 Å². The van der Waals surface area contributed by atoms with Crippen LogP contribution in [0.1, 0.15) is 19.4 Å². The Morgan fingerprint density at radius 2 is 2.00 bits per heavy atom. The van der Waals surface area contributed by atoms with Crippen molar-refractivity contribution in [2.45, 2.75) is 26.4 Å². The molecule has 20 heavy (non-hydrogen) atoms. The zero-order valence-electron chi connectivity index (χ0n) is 11.2. The molecule has 2 rings (SSSR count). The summed E-state index contributed by atoms with van der Waals surface area (Å²) in [6, 6.07) is 4.37. The molecule has 1 heterocycles. The van der Waals surface area contributed by atoms with E-state index in [0.717, 1.165) is 5.56 Å². The van der Waals surface area contributed by atoms with Crippen molar-refractivity contribution in [2.24, 2.45) is 0 Å². The van der Waals surface area contributed by atoms with Crippen LogP contribution in [0, 0.1) is 6.92 Å². The largest absolute Gasteiger partial charge is 0.478 e. The fraction of sp³-hybridized carbons (Fsp3) is 0.286. The van der Waals surface area contributed by atoms with Gasteiger partial charge in [0.1, 0.15) is 11.3 Å². The van der Waals surface area contributed by atoms with Gasteiger partial charge in [-0.15, -0.1) is 0 Å². The van der Waals surface area contributed by atoms with Crippen LogP contribution in [0.2, 0.25) is 5.02 Å². The molecule has 0 saturated carbocycles. The highest BCUT2D eigenvalue weighted by molar-refractivity contribution is 6.32. The first-order valence-corrected chi connectivity index (χ1v) is 6.25. The van der Waals surface area contributed by atoms with E-state index >= 15 is 0 Å². The van der Waals surface area contributed by atoms with Crippen LogP contribution in [-0.4, -0.2) is 16.7 Å². The fourth-order valence-corrected chi connectivity index (χ4v) is 1.92. The van der Waals surface area contributed by atoms with Crippen molar-refractivity contribution in [1.29, 1.82) is 0 Å². The van der Waals surface area contributed by atoms with E-state index in [-0.39, 0.29) is 10.8 Å². The van der Waals surface area contributed by atoms with Crippen LogP contribution in [0.3, 0.4) is 0 Å². The van der Waals surface area contributed by atoms with Gasteiger partial charge in [-0.05, 0) is 32.4 Å². The van der Waals surface area contributed by atoms with Crippen LogP contribution in [0.5, 0.6) is 5.75 Å². The molecule has 1 N–H and O–H groups in total. The molecular weight excluding hydrogens is 284 g/mol. The van der Waals surface area contributed by atoms with Crippen molar-refractivity contribution in [3.8, 4) is 5.75 Å². The second-order valence-electron chi connectivity index (χ2n) is 4.94. The predicted molar refractivity (Wildman–Crippen MR) is 74.6 cm³/mol. The molecule has 0 radical (unpaired) electrons. The number of benzene rings is 1. The Kier molecular flexibility index (Phi) is 3.48. The molecule has 1 aromatic heterocycles. The molecule has 0 spiro atoms. The molecule has 0 aliphatic rings. The maximum absolute atomic E-state index is 11.4. The summed E-state index contributed by atoms with van der Waals surface area (Å²) in [4.78, 5) is 22.4. The minimum atomic E-state index is -1.44. The Balaban J connectivity index is 2.59. The van der Waals surface area contributed by atoms with Crippen molar-refractivity contribution in [2.75, 3.05) is 0 Å². The fourth-order valence-electron chi connectivity index (χ4n) is 1.72. The maximum Gasteiger partial charge on any atom is 0.347 e. The average molecular weight is 297 g/mol. The SMILES string of the molecule is Cc1cc(=O)oc2cc(OC(C)(C)C(=O)O)c(Cl)cc12. The number of hydrogen-bond acceptors (Lipinski definition) is 4. The highest BCUT2D eigenvalue weighted by Gasteiger charge is 2.30. The number of carboxylic acids is 1. The highest BCUT2D eigenvalue weighted by atomic mass is 35.5. The lowest BCUT2D eigenvalue weighted by molar-refractivity contribution is -0.152. The van der Waals surface area contributed by atoms with Gasteiger partial charge in [0.2, 0.25) is 0 Å². The van der Waals surface area contributed by atoms with Crippen LogP contribution >= 0.6 is 11.6 Å². The van der Waals surface area contributed by atoms with E-state index in [1.807, 2.05) is 0 Å². The number of fused-ring (bicyclic) bond motifs is 1. The lowest BCUT2D eigenvalue weighted by atomic mass is 10.1. The van der Waals surface area contributed by atoms with Crippen LogP contribution < -0.4 is 10.4 Å². The van der Waals surface area contributed by atoms with Crippen LogP contribution in [-0.2, 0) is 4.79 Å². The predicted octanol–water partition coefficient (Wildman–Crippen LogP) is 3.00. The molecule has 1 aromatic carbocycles. The van der Waals surface area contributed by atoms with Gasteiger partial charge in [-0.2, -0.15) is 0 Å². The third kappa shape index (κ3) is 2.63. The van der Waals surface area contributed by atoms with Crippen LogP contribution in [0.25, 0.3) is 11.0 Å². The van der Waals surface area contributed by atoms with Crippen LogP contribution in [0.4, 0.5) is 0 Å². The first-order chi connectivity index (χ1) is 9.20. The van der Waals surface area contributed by atoms with E-state index < -0.39 is 17.2 Å². The second kappa shape index (κ2) is 4.83. The lowest BCUT2D eigenvalue weighted by Crippen LogP contribution is -2.37. The number of halogens is 1. The van der Waals surface area contributed by atoms with Crippen LogP contribution in [0.15, 0.2) is 27.4 Å². The third-order valence-electron chi connectivity index (χ3n) is 2.88. The van der Waals surface area contributed by atoms with Crippen molar-refractivity contribution in [1.82, 2.24) is 0 Å². The van der Waals surface area contributed by atoms with Gasteiger partial charge >= 0.3 is 11.6 Å². The Labute approximate surface area is 119 Å². The first-order valence-electron chi connectivity index (χ1n) is 5.87. The second-order valence-corrected chi connectivity index (χ2v) is 5.35. The maximum atomic E-state index is 11.4. The summed E-state index contributed by atoms with van der Waals surface area (Å²) in [5.74, 6) is -0.973. The molecule has 6 heteroatoms. The molecule has 0 fully saturated rings. The molecule has 0 aliphatic heterocycles. The topological polar surface area (TPSA) is 76.7 Å². The lowest BCUT2D eigenvalue weighted by Gasteiger charge is -2.22. The number of ether oxygens (including phenoxy) is 1. The molecule has 0 atom stereocenters. The Hall–Kier alpha value is -2.01. The number of hydrogen-bond donors (Lipinski definition) is 1. The molecule has 0 saturated heterocycles. The number of aryl methyl sites for hydroxylation is 1. The van der Waals surface area contributed by atoms with Gasteiger partial charge in [0.05, 0.1) is 5.02 Å². The van der Waals surface area contributed by atoms with Crippen molar-refractivity contribution < 1.29 is 19.1 Å². The van der Waals surface area contributed by atoms with Gasteiger partial charge in [0.25, 0.3) is 0 Å². The zero-order valence-corrected chi connectivity index (χ0v) is 11.9. The van der Waals surface area contributed by atoms with E-state index in [0.29, 0.717) is 11.0 Å². The number of carbonyl (C=O) groups is 1. The van der Waals surface area contributed by atoms with Gasteiger partial charge in [-0.1, -0.05) is 11.6 Å². The standard InChI is InChI=1S/C14H13ClO5/c1-7-4-12(16)19-10-6-11(9(15)5-8(7)10)20-14(2,3)13(17)18/h4-6H,1-3H3,(H,17,18). The summed E-state index contributed by atoms with van der Waals surface area (Å²) in [7, 11) is 0. The van der Waals surface area contributed by atoms with E-state index in [9.17, 15) is 9.59 Å². The summed E-state index contributed by atoms with van der Waals surface area (Å²) in [6.45, 7) is 4.57. The normalized spacial score (nSPS) is 11.6. The van der Waals surface area contributed by atoms with Gasteiger partial charge in [-0.3, -0.25) is 0 Å². The van der Waals surface area contributed by atoms with E-state index in [1.165, 1.54) is 26.0 Å². The first kappa shape index (κ1) is 14.4. The van der Waals surface area contributed by atoms with Gasteiger partial charge in [0.15, 0.2) is 5.60 Å². The van der Waals surface area contributed by atoms with Crippen molar-refractivity contribution in [3.05, 3.63) is 39.2 Å². The number of aliphatic carboxylic acids is 1. The monoisotopic (exact) mass is 296 g/mol. The third-order valence-corrected chi connectivity index (χ3v) is 3.18. The summed E-state index contributed by atoms with van der Waals surface area (Å²) < 4.78 is 10.5. The molecule has 5 nitrogen and oxygen atoms in total. The number of carboxylic acid groups (broad SMARTS) is 1. The van der Waals surface area contributed by atoms with Crippen molar-refractivity contribution >= 4 is 28.5 Å². The number of rotatable bonds is 3. The molecular formula is C14H13ClO5. The highest BCUT2D eigenvalue weighted by Crippen LogP contribution is 2.33. The van der Waals surface area contributed by atoms with Gasteiger partial charge in [-0.25, -0.2) is 9.59 Å². The molecule has 2 aromatic rings. The van der Waals surface area contributed by atoms with E-state index in [4.69, 9.17) is 25.9 Å². The average Bonchev–Trinajstić information content (AvgIpc) is 2.30. The summed E-state index contributed by atoms with van der Waals surface area (Å²) in [6.07, 6.45) is 0. The van der Waals surface area contributed by atoms with Crippen molar-refractivity contribution in [3.63, 3.8) is 0 Å². The van der Waals surface area contributed by atoms with Gasteiger partial charge in [0, 0.05) is 17.5 Å². The quantitative estimate of drug-likeness (QED) is 0.881. The minimum absolute atomic E-state index is 0.153. The molecule has 0 unspecified atom stereocenters. The Morgan fingerprint density at radius 3 is 2.60 bits per heavy atom. The Bertz CT molecular complexity index is 745. The molecule has 0 bridgehead atoms. The smallest absolute Gasteiger partial charge is 0.347 e. The minimum Gasteiger partial charge on any atom is -0.478 e. The Morgan fingerprint density at radius 1 is 1.35 bits per heavy atom. The van der Waals surface area contributed by atoms with Gasteiger partial charge < -0.3 is 14.3 Å². The summed E-state index contributed by atoms with van der Waals surface area (Å²) >= 11 is 6.09. The molecule has 0 amide bonds. The zero-order chi connectivity index (χ0) is 15.1. The summed E-state index contributed by atoms with van der Waals surface area (Å²) in [5.41, 5.74) is -0.903. The summed E-state index contributed by atoms with van der Waals surface area (Å²) in [5, 5.41) is 9.98. The molecule has 0 aliphatic carbocycles.